The number of aliphatic hydroxyl groups is 1. The van der Waals surface area contributed by atoms with Crippen LogP contribution in [0.15, 0.2) is 12.2 Å². The molecule has 31 heavy (non-hydrogen) atoms. The fourth-order valence-electron chi connectivity index (χ4n) is 11.5. The number of aliphatic hydroxyl groups excluding tert-OH is 1. The summed E-state index contributed by atoms with van der Waals surface area (Å²) in [6.07, 6.45) is 13.4. The topological polar surface area (TPSA) is 20.2 Å². The molecule has 5 aliphatic rings. The lowest BCUT2D eigenvalue weighted by molar-refractivity contribution is -0.246. The average Bonchev–Trinajstić information content (AvgIpc) is 3.04. The number of fused-ring (bicyclic) bond motifs is 7. The van der Waals surface area contributed by atoms with Gasteiger partial charge >= 0.3 is 0 Å². The summed E-state index contributed by atoms with van der Waals surface area (Å²) in [4.78, 5) is 0. The van der Waals surface area contributed by atoms with Crippen molar-refractivity contribution in [2.45, 2.75) is 119 Å². The van der Waals surface area contributed by atoms with Crippen molar-refractivity contribution in [2.75, 3.05) is 0 Å². The SMILES string of the molecule is C=C(C)[C@H]1CC[C@@]2(C)CC[C@@]3(C)C(CCC4[C@]5(C)CC[C@@H](O)C(C)(C)C5CC[C@@]43C)C12. The van der Waals surface area contributed by atoms with E-state index < -0.39 is 0 Å². The summed E-state index contributed by atoms with van der Waals surface area (Å²) >= 11 is 0. The van der Waals surface area contributed by atoms with E-state index in [1.807, 2.05) is 0 Å². The standard InChI is InChI=1S/C30H50O/c1-19(2)20-11-14-27(5)17-18-29(7)21(25(20)27)9-10-23-28(6)15-13-24(31)26(3,4)22(28)12-16-30(23,29)8/h20-25,31H,1,9-18H2,2-8H3/t20-,21?,22?,23?,24-,25?,27+,28-,29+,30+/m1/s1. The Morgan fingerprint density at radius 1 is 0.742 bits per heavy atom. The normalized spacial score (nSPS) is 57.9. The van der Waals surface area contributed by atoms with E-state index in [0.29, 0.717) is 27.6 Å². The zero-order valence-corrected chi connectivity index (χ0v) is 21.7. The predicted molar refractivity (Wildman–Crippen MR) is 131 cm³/mol. The Labute approximate surface area is 192 Å². The van der Waals surface area contributed by atoms with Crippen molar-refractivity contribution in [3.8, 4) is 0 Å². The van der Waals surface area contributed by atoms with Gasteiger partial charge < -0.3 is 5.11 Å². The van der Waals surface area contributed by atoms with Gasteiger partial charge in [-0.05, 0) is 128 Å². The average molecular weight is 427 g/mol. The van der Waals surface area contributed by atoms with Crippen molar-refractivity contribution in [2.24, 2.45) is 56.7 Å². The summed E-state index contributed by atoms with van der Waals surface area (Å²) in [5.41, 5.74) is 3.38. The third-order valence-corrected chi connectivity index (χ3v) is 13.5. The van der Waals surface area contributed by atoms with Crippen molar-refractivity contribution in [1.29, 1.82) is 0 Å². The molecule has 5 rings (SSSR count). The molecule has 0 spiro atoms. The predicted octanol–water partition coefficient (Wildman–Crippen LogP) is 8.02. The van der Waals surface area contributed by atoms with Crippen molar-refractivity contribution in [3.05, 3.63) is 12.2 Å². The molecule has 1 heteroatoms. The van der Waals surface area contributed by atoms with E-state index in [9.17, 15) is 5.11 Å². The largest absolute Gasteiger partial charge is 0.393 e. The monoisotopic (exact) mass is 426 g/mol. The first kappa shape index (κ1) is 22.5. The molecule has 176 valence electrons. The summed E-state index contributed by atoms with van der Waals surface area (Å²) in [6.45, 7) is 22.3. The Bertz CT molecular complexity index is 766. The van der Waals surface area contributed by atoms with Crippen LogP contribution in [0, 0.1) is 56.7 Å². The number of hydrogen-bond donors (Lipinski definition) is 1. The second-order valence-corrected chi connectivity index (χ2v) is 14.7. The van der Waals surface area contributed by atoms with Gasteiger partial charge in [0.2, 0.25) is 0 Å². The van der Waals surface area contributed by atoms with Gasteiger partial charge in [-0.2, -0.15) is 0 Å². The van der Waals surface area contributed by atoms with Crippen LogP contribution in [0.1, 0.15) is 113 Å². The van der Waals surface area contributed by atoms with Crippen LogP contribution in [0.2, 0.25) is 0 Å². The molecule has 10 atom stereocenters. The van der Waals surface area contributed by atoms with Gasteiger partial charge in [-0.15, -0.1) is 0 Å². The molecule has 1 nitrogen and oxygen atoms in total. The maximum absolute atomic E-state index is 10.9. The maximum atomic E-state index is 10.9. The minimum atomic E-state index is -0.118. The van der Waals surface area contributed by atoms with E-state index in [4.69, 9.17) is 0 Å². The summed E-state index contributed by atoms with van der Waals surface area (Å²) in [7, 11) is 0. The molecule has 0 aliphatic heterocycles. The van der Waals surface area contributed by atoms with Gasteiger partial charge in [0.25, 0.3) is 0 Å². The summed E-state index contributed by atoms with van der Waals surface area (Å²) in [5, 5.41) is 10.9. The fourth-order valence-corrected chi connectivity index (χ4v) is 11.5. The summed E-state index contributed by atoms with van der Waals surface area (Å²) in [6, 6.07) is 0. The maximum Gasteiger partial charge on any atom is 0.0594 e. The van der Waals surface area contributed by atoms with Gasteiger partial charge in [-0.3, -0.25) is 0 Å². The van der Waals surface area contributed by atoms with Gasteiger partial charge in [0.15, 0.2) is 0 Å². The first-order valence-corrected chi connectivity index (χ1v) is 13.6. The van der Waals surface area contributed by atoms with Crippen LogP contribution in [0.4, 0.5) is 0 Å². The smallest absolute Gasteiger partial charge is 0.0594 e. The van der Waals surface area contributed by atoms with Gasteiger partial charge in [0.1, 0.15) is 0 Å². The van der Waals surface area contributed by atoms with Gasteiger partial charge in [-0.25, -0.2) is 0 Å². The Kier molecular flexibility index (Phi) is 4.82. The van der Waals surface area contributed by atoms with Gasteiger partial charge in [-0.1, -0.05) is 53.7 Å². The summed E-state index contributed by atoms with van der Waals surface area (Å²) < 4.78 is 0. The number of hydrogen-bond acceptors (Lipinski definition) is 1. The minimum Gasteiger partial charge on any atom is -0.393 e. The zero-order valence-electron chi connectivity index (χ0n) is 21.7. The zero-order chi connectivity index (χ0) is 22.6. The highest BCUT2D eigenvalue weighted by molar-refractivity contribution is 5.21. The van der Waals surface area contributed by atoms with Crippen molar-refractivity contribution >= 4 is 0 Å². The second kappa shape index (κ2) is 6.64. The lowest BCUT2D eigenvalue weighted by Crippen LogP contribution is -2.66. The quantitative estimate of drug-likeness (QED) is 0.421. The Morgan fingerprint density at radius 2 is 1.45 bits per heavy atom. The van der Waals surface area contributed by atoms with Crippen LogP contribution in [0.5, 0.6) is 0 Å². The molecule has 0 aromatic heterocycles. The fraction of sp³-hybridized carbons (Fsp3) is 0.933. The molecule has 0 heterocycles. The van der Waals surface area contributed by atoms with E-state index >= 15 is 0 Å². The van der Waals surface area contributed by atoms with Gasteiger partial charge in [0, 0.05) is 0 Å². The highest BCUT2D eigenvalue weighted by Gasteiger charge is 2.70. The molecule has 0 saturated heterocycles. The first-order valence-electron chi connectivity index (χ1n) is 13.6. The Balaban J connectivity index is 1.54. The highest BCUT2D eigenvalue weighted by Crippen LogP contribution is 2.77. The van der Waals surface area contributed by atoms with E-state index in [0.717, 1.165) is 30.1 Å². The highest BCUT2D eigenvalue weighted by atomic mass is 16.3. The van der Waals surface area contributed by atoms with Crippen molar-refractivity contribution < 1.29 is 5.11 Å². The first-order chi connectivity index (χ1) is 14.3. The molecule has 4 unspecified atom stereocenters. The lowest BCUT2D eigenvalue weighted by Gasteiger charge is -2.73. The number of allylic oxidation sites excluding steroid dienone is 1. The molecule has 5 saturated carbocycles. The van der Waals surface area contributed by atoms with Crippen LogP contribution >= 0.6 is 0 Å². The minimum absolute atomic E-state index is 0.0632. The van der Waals surface area contributed by atoms with Crippen molar-refractivity contribution in [3.63, 3.8) is 0 Å². The van der Waals surface area contributed by atoms with Gasteiger partial charge in [0.05, 0.1) is 6.10 Å². The Hall–Kier alpha value is -0.300. The van der Waals surface area contributed by atoms with E-state index in [2.05, 4.69) is 55.0 Å². The lowest BCUT2D eigenvalue weighted by atomic mass is 9.32. The third kappa shape index (κ3) is 2.65. The molecule has 0 radical (unpaired) electrons. The molecule has 0 aromatic carbocycles. The van der Waals surface area contributed by atoms with E-state index in [-0.39, 0.29) is 11.5 Å². The molecule has 5 aliphatic carbocycles. The Morgan fingerprint density at radius 3 is 2.13 bits per heavy atom. The molecular weight excluding hydrogens is 376 g/mol. The van der Waals surface area contributed by atoms with Crippen molar-refractivity contribution in [1.82, 2.24) is 0 Å². The molecule has 0 bridgehead atoms. The van der Waals surface area contributed by atoms with Crippen LogP contribution in [-0.2, 0) is 0 Å². The van der Waals surface area contributed by atoms with E-state index in [1.165, 1.54) is 63.4 Å². The second-order valence-electron chi connectivity index (χ2n) is 14.7. The van der Waals surface area contributed by atoms with E-state index in [1.54, 1.807) is 0 Å². The summed E-state index contributed by atoms with van der Waals surface area (Å²) in [5.74, 6) is 3.98. The number of rotatable bonds is 1. The third-order valence-electron chi connectivity index (χ3n) is 13.5. The van der Waals surface area contributed by atoms with Crippen LogP contribution in [0.3, 0.4) is 0 Å². The molecule has 5 fully saturated rings. The molecule has 0 aromatic rings. The van der Waals surface area contributed by atoms with Crippen LogP contribution < -0.4 is 0 Å². The molecule has 0 amide bonds. The van der Waals surface area contributed by atoms with Crippen LogP contribution in [-0.4, -0.2) is 11.2 Å². The molecule has 1 N–H and O–H groups in total. The molecular formula is C30H50O. The van der Waals surface area contributed by atoms with Crippen LogP contribution in [0.25, 0.3) is 0 Å².